The van der Waals surface area contributed by atoms with Crippen molar-refractivity contribution in [1.29, 1.82) is 0 Å². The average Bonchev–Trinajstić information content (AvgIpc) is 3.40. The van der Waals surface area contributed by atoms with E-state index in [1.165, 1.54) is 5.56 Å². The molecule has 0 bridgehead atoms. The van der Waals surface area contributed by atoms with E-state index in [1.54, 1.807) is 6.07 Å². The molecular formula is C22H23ClN4O. The number of hydrogen-bond donors (Lipinski definition) is 1. The van der Waals surface area contributed by atoms with Crippen LogP contribution in [0.1, 0.15) is 44.0 Å². The fourth-order valence-corrected chi connectivity index (χ4v) is 3.99. The summed E-state index contributed by atoms with van der Waals surface area (Å²) in [6, 6.07) is 16.0. The largest absolute Gasteiger partial charge is 0.326 e. The Morgan fingerprint density at radius 2 is 1.93 bits per heavy atom. The zero-order valence-electron chi connectivity index (χ0n) is 16.1. The van der Waals surface area contributed by atoms with Gasteiger partial charge in [0.05, 0.1) is 10.4 Å². The lowest BCUT2D eigenvalue weighted by Crippen LogP contribution is -2.15. The average molecular weight is 395 g/mol. The molecule has 1 N–H and O–H groups in total. The Balaban J connectivity index is 1.64. The molecule has 144 valence electrons. The van der Waals surface area contributed by atoms with Crippen LogP contribution in [0.25, 0.3) is 11.4 Å². The van der Waals surface area contributed by atoms with E-state index in [-0.39, 0.29) is 11.3 Å². The molecule has 1 aliphatic carbocycles. The molecule has 1 heterocycles. The van der Waals surface area contributed by atoms with Crippen molar-refractivity contribution in [3.05, 3.63) is 64.9 Å². The van der Waals surface area contributed by atoms with Crippen molar-refractivity contribution in [2.24, 2.45) is 7.05 Å². The lowest BCUT2D eigenvalue weighted by Gasteiger charge is -2.15. The summed E-state index contributed by atoms with van der Waals surface area (Å²) < 4.78 is 2.04. The van der Waals surface area contributed by atoms with Gasteiger partial charge in [-0.15, -0.1) is 10.2 Å². The molecule has 6 heteroatoms. The van der Waals surface area contributed by atoms with Crippen LogP contribution in [0, 0.1) is 0 Å². The third-order valence-electron chi connectivity index (χ3n) is 5.35. The van der Waals surface area contributed by atoms with E-state index < -0.39 is 0 Å². The fraction of sp³-hybridized carbons (Fsp3) is 0.318. The van der Waals surface area contributed by atoms with Gasteiger partial charge in [0.25, 0.3) is 0 Å². The maximum atomic E-state index is 11.8. The number of nitrogens with one attached hydrogen (secondary N) is 1. The van der Waals surface area contributed by atoms with E-state index in [0.717, 1.165) is 36.5 Å². The number of carbonyl (C=O) groups is 1. The van der Waals surface area contributed by atoms with Crippen LogP contribution < -0.4 is 5.32 Å². The molecule has 4 rings (SSSR count). The second kappa shape index (κ2) is 7.40. The minimum Gasteiger partial charge on any atom is -0.326 e. The summed E-state index contributed by atoms with van der Waals surface area (Å²) >= 11 is 6.52. The van der Waals surface area contributed by atoms with Gasteiger partial charge in [-0.3, -0.25) is 4.79 Å². The molecule has 1 amide bonds. The van der Waals surface area contributed by atoms with Gasteiger partial charge < -0.3 is 9.88 Å². The molecule has 3 aromatic rings. The van der Waals surface area contributed by atoms with E-state index in [1.807, 2.05) is 36.7 Å². The molecule has 0 atom stereocenters. The monoisotopic (exact) mass is 394 g/mol. The highest BCUT2D eigenvalue weighted by atomic mass is 35.5. The van der Waals surface area contributed by atoms with E-state index in [0.29, 0.717) is 17.1 Å². The van der Waals surface area contributed by atoms with Crippen LogP contribution >= 0.6 is 11.6 Å². The summed E-state index contributed by atoms with van der Waals surface area (Å²) in [5, 5.41) is 12.4. The molecule has 5 nitrogen and oxygen atoms in total. The third-order valence-corrected chi connectivity index (χ3v) is 5.66. The molecule has 1 aliphatic rings. The van der Waals surface area contributed by atoms with Crippen molar-refractivity contribution < 1.29 is 4.79 Å². The summed E-state index contributed by atoms with van der Waals surface area (Å²) in [6.45, 7) is 1.98. The number of aromatic nitrogens is 3. The van der Waals surface area contributed by atoms with Crippen LogP contribution in [0.5, 0.6) is 0 Å². The van der Waals surface area contributed by atoms with E-state index >= 15 is 0 Å². The van der Waals surface area contributed by atoms with E-state index in [2.05, 4.69) is 39.8 Å². The zero-order chi connectivity index (χ0) is 19.7. The van der Waals surface area contributed by atoms with Crippen molar-refractivity contribution in [3.63, 3.8) is 0 Å². The van der Waals surface area contributed by atoms with Gasteiger partial charge in [-0.25, -0.2) is 0 Å². The molecular weight excluding hydrogens is 372 g/mol. The van der Waals surface area contributed by atoms with Crippen LogP contribution in [-0.4, -0.2) is 20.7 Å². The predicted octanol–water partition coefficient (Wildman–Crippen LogP) is 4.95. The Bertz CT molecular complexity index is 1010. The molecule has 1 saturated carbocycles. The van der Waals surface area contributed by atoms with Gasteiger partial charge in [-0.2, -0.15) is 0 Å². The Morgan fingerprint density at radius 1 is 1.18 bits per heavy atom. The molecule has 28 heavy (non-hydrogen) atoms. The van der Waals surface area contributed by atoms with Crippen LogP contribution in [0.2, 0.25) is 5.02 Å². The first-order valence-electron chi connectivity index (χ1n) is 9.60. The van der Waals surface area contributed by atoms with Crippen LogP contribution in [0.4, 0.5) is 5.69 Å². The summed E-state index contributed by atoms with van der Waals surface area (Å²) in [7, 11) is 1.99. The summed E-state index contributed by atoms with van der Waals surface area (Å²) in [4.78, 5) is 11.8. The molecule has 1 aromatic heterocycles. The number of carbonyl (C=O) groups excluding carboxylic acids is 1. The van der Waals surface area contributed by atoms with Crippen LogP contribution in [0.15, 0.2) is 48.5 Å². The highest BCUT2D eigenvalue weighted by Crippen LogP contribution is 2.53. The number of amides is 1. The van der Waals surface area contributed by atoms with Gasteiger partial charge >= 0.3 is 0 Å². The van der Waals surface area contributed by atoms with Gasteiger partial charge in [0, 0.05) is 24.7 Å². The first kappa shape index (κ1) is 18.7. The zero-order valence-corrected chi connectivity index (χ0v) is 16.8. The normalized spacial score (nSPS) is 14.7. The van der Waals surface area contributed by atoms with Gasteiger partial charge in [-0.05, 0) is 43.0 Å². The van der Waals surface area contributed by atoms with Crippen molar-refractivity contribution in [2.75, 3.05) is 5.32 Å². The number of anilines is 1. The predicted molar refractivity (Wildman–Crippen MR) is 111 cm³/mol. The number of nitrogens with zero attached hydrogens (tertiary/aromatic N) is 3. The first-order valence-corrected chi connectivity index (χ1v) is 9.98. The van der Waals surface area contributed by atoms with Crippen molar-refractivity contribution in [1.82, 2.24) is 14.8 Å². The number of halogens is 1. The molecule has 1 fully saturated rings. The topological polar surface area (TPSA) is 59.8 Å². The molecule has 0 saturated heterocycles. The van der Waals surface area contributed by atoms with Gasteiger partial charge in [0.1, 0.15) is 5.82 Å². The molecule has 0 radical (unpaired) electrons. The quantitative estimate of drug-likeness (QED) is 0.643. The maximum absolute atomic E-state index is 11.8. The minimum absolute atomic E-state index is 0.00852. The second-order valence-corrected chi connectivity index (χ2v) is 7.75. The lowest BCUT2D eigenvalue weighted by molar-refractivity contribution is -0.116. The van der Waals surface area contributed by atoms with Gasteiger partial charge in [-0.1, -0.05) is 48.9 Å². The first-order chi connectivity index (χ1) is 13.5. The van der Waals surface area contributed by atoms with Crippen molar-refractivity contribution in [3.8, 4) is 11.4 Å². The Kier molecular flexibility index (Phi) is 4.94. The molecule has 0 spiro atoms. The minimum atomic E-state index is -0.0538. The smallest absolute Gasteiger partial charge is 0.224 e. The Morgan fingerprint density at radius 3 is 2.57 bits per heavy atom. The summed E-state index contributed by atoms with van der Waals surface area (Å²) in [5.74, 6) is 1.68. The molecule has 0 aliphatic heterocycles. The highest BCUT2D eigenvalue weighted by molar-refractivity contribution is 6.33. The third kappa shape index (κ3) is 3.31. The summed E-state index contributed by atoms with van der Waals surface area (Å²) in [6.07, 6.45) is 3.44. The van der Waals surface area contributed by atoms with Crippen LogP contribution in [0.3, 0.4) is 0 Å². The Labute approximate surface area is 169 Å². The van der Waals surface area contributed by atoms with Crippen molar-refractivity contribution >= 4 is 23.2 Å². The summed E-state index contributed by atoms with van der Waals surface area (Å²) in [5.41, 5.74) is 2.72. The van der Waals surface area contributed by atoms with Crippen LogP contribution in [-0.2, 0) is 17.3 Å². The number of hydrogen-bond acceptors (Lipinski definition) is 3. The number of benzene rings is 2. The molecule has 2 aromatic carbocycles. The number of rotatable bonds is 6. The van der Waals surface area contributed by atoms with Gasteiger partial charge in [0.15, 0.2) is 5.82 Å². The van der Waals surface area contributed by atoms with Crippen molar-refractivity contribution in [2.45, 2.75) is 38.0 Å². The lowest BCUT2D eigenvalue weighted by atomic mass is 9.95. The standard InChI is InChI=1S/C22H23ClN4O/c1-3-7-19(28)24-16-10-11-17(18(23)14-16)20-25-26-21(27(20)2)22(12-13-22)15-8-5-4-6-9-15/h4-6,8-11,14H,3,7,12-13H2,1-2H3,(H,24,28). The fourth-order valence-electron chi connectivity index (χ4n) is 3.73. The second-order valence-electron chi connectivity index (χ2n) is 7.35. The maximum Gasteiger partial charge on any atom is 0.224 e. The highest BCUT2D eigenvalue weighted by Gasteiger charge is 2.49. The Hall–Kier alpha value is -2.66. The van der Waals surface area contributed by atoms with E-state index in [9.17, 15) is 4.79 Å². The van der Waals surface area contributed by atoms with E-state index in [4.69, 9.17) is 11.6 Å². The SMILES string of the molecule is CCCC(=O)Nc1ccc(-c2nnc(C3(c4ccccc4)CC3)n2C)c(Cl)c1. The molecule has 0 unspecified atom stereocenters. The van der Waals surface area contributed by atoms with Gasteiger partial charge in [0.2, 0.25) is 5.91 Å².